The van der Waals surface area contributed by atoms with Crippen LogP contribution >= 0.6 is 0 Å². The highest BCUT2D eigenvalue weighted by atomic mass is 16.2. The molecule has 2 atom stereocenters. The molecule has 3 aromatic carbocycles. The van der Waals surface area contributed by atoms with Crippen molar-refractivity contribution in [2.24, 2.45) is 7.05 Å². The first-order chi connectivity index (χ1) is 15.2. The Labute approximate surface area is 182 Å². The van der Waals surface area contributed by atoms with E-state index < -0.39 is 5.54 Å². The summed E-state index contributed by atoms with van der Waals surface area (Å²) in [7, 11) is 1.87. The maximum Gasteiger partial charge on any atom is 0.244 e. The van der Waals surface area contributed by atoms with Gasteiger partial charge in [-0.25, -0.2) is 4.98 Å². The summed E-state index contributed by atoms with van der Waals surface area (Å²) < 4.78 is 1.81. The first kappa shape index (κ1) is 19.3. The zero-order chi connectivity index (χ0) is 21.3. The molecule has 1 saturated heterocycles. The predicted molar refractivity (Wildman–Crippen MR) is 122 cm³/mol. The molecule has 1 aliphatic heterocycles. The van der Waals surface area contributed by atoms with Crippen molar-refractivity contribution in [3.63, 3.8) is 0 Å². The van der Waals surface area contributed by atoms with Gasteiger partial charge in [0, 0.05) is 13.6 Å². The Kier molecular flexibility index (Phi) is 4.88. The van der Waals surface area contributed by atoms with Gasteiger partial charge in [-0.15, -0.1) is 0 Å². The number of hydrogen-bond acceptors (Lipinski definition) is 3. The second kappa shape index (κ2) is 7.85. The largest absolute Gasteiger partial charge is 0.320 e. The topological polar surface area (TPSA) is 49.9 Å². The van der Waals surface area contributed by atoms with Gasteiger partial charge in [0.2, 0.25) is 5.91 Å². The van der Waals surface area contributed by atoms with Crippen molar-refractivity contribution in [2.45, 2.75) is 11.6 Å². The van der Waals surface area contributed by atoms with Crippen molar-refractivity contribution in [2.75, 3.05) is 11.9 Å². The highest BCUT2D eigenvalue weighted by molar-refractivity contribution is 5.96. The standard InChI is InChI=1S/C26H24N4O/c1-29-19-27-17-24(29)28-25(31)23-18-30(23)26(20-11-5-2-6-12-20,21-13-7-3-8-14-21)22-15-9-4-10-16-22/h2-17,19,23H,18H2,1H3,(H,28,31). The molecule has 0 radical (unpaired) electrons. The van der Waals surface area contributed by atoms with E-state index in [9.17, 15) is 4.79 Å². The van der Waals surface area contributed by atoms with Crippen LogP contribution in [0.1, 0.15) is 16.7 Å². The Morgan fingerprint density at radius 3 is 1.77 bits per heavy atom. The molecule has 1 amide bonds. The smallest absolute Gasteiger partial charge is 0.244 e. The summed E-state index contributed by atoms with van der Waals surface area (Å²) in [5.74, 6) is 0.678. The number of imidazole rings is 1. The fourth-order valence-electron chi connectivity index (χ4n) is 4.46. The lowest BCUT2D eigenvalue weighted by molar-refractivity contribution is -0.116. The number of hydrogen-bond donors (Lipinski definition) is 1. The van der Waals surface area contributed by atoms with Gasteiger partial charge in [0.1, 0.15) is 11.9 Å². The highest BCUT2D eigenvalue weighted by Crippen LogP contribution is 2.48. The van der Waals surface area contributed by atoms with Crippen LogP contribution in [0.3, 0.4) is 0 Å². The lowest BCUT2D eigenvalue weighted by Crippen LogP contribution is -2.40. The van der Waals surface area contributed by atoms with Crippen LogP contribution in [0.5, 0.6) is 0 Å². The van der Waals surface area contributed by atoms with Gasteiger partial charge in [-0.05, 0) is 16.7 Å². The summed E-state index contributed by atoms with van der Waals surface area (Å²) >= 11 is 0. The lowest BCUT2D eigenvalue weighted by Gasteiger charge is -2.38. The fourth-order valence-corrected chi connectivity index (χ4v) is 4.46. The molecule has 1 N–H and O–H groups in total. The third kappa shape index (κ3) is 3.33. The number of aryl methyl sites for hydroxylation is 1. The van der Waals surface area contributed by atoms with Gasteiger partial charge in [0.25, 0.3) is 0 Å². The number of carbonyl (C=O) groups is 1. The van der Waals surface area contributed by atoms with E-state index in [1.165, 1.54) is 0 Å². The minimum absolute atomic E-state index is 0.0178. The maximum atomic E-state index is 13.2. The maximum absolute atomic E-state index is 13.2. The molecular formula is C26H24N4O. The molecule has 2 unspecified atom stereocenters. The molecule has 0 bridgehead atoms. The third-order valence-electron chi connectivity index (χ3n) is 5.99. The normalized spacial score (nSPS) is 17.8. The molecule has 2 heterocycles. The number of benzene rings is 3. The number of carbonyl (C=O) groups excluding carboxylic acids is 1. The van der Waals surface area contributed by atoms with Crippen molar-refractivity contribution >= 4 is 11.7 Å². The number of amides is 1. The van der Waals surface area contributed by atoms with Gasteiger partial charge in [0.15, 0.2) is 0 Å². The molecule has 0 aliphatic carbocycles. The van der Waals surface area contributed by atoms with Crippen molar-refractivity contribution < 1.29 is 4.79 Å². The Hall–Kier alpha value is -3.70. The summed E-state index contributed by atoms with van der Waals surface area (Å²) in [5.41, 5.74) is 2.87. The van der Waals surface area contributed by atoms with Crippen LogP contribution in [-0.2, 0) is 17.4 Å². The third-order valence-corrected chi connectivity index (χ3v) is 5.99. The number of nitrogens with zero attached hydrogens (tertiary/aromatic N) is 3. The molecular weight excluding hydrogens is 384 g/mol. The zero-order valence-electron chi connectivity index (χ0n) is 17.3. The molecule has 5 nitrogen and oxygen atoms in total. The van der Waals surface area contributed by atoms with Gasteiger partial charge < -0.3 is 9.88 Å². The summed E-state index contributed by atoms with van der Waals surface area (Å²) in [6, 6.07) is 31.1. The molecule has 154 valence electrons. The quantitative estimate of drug-likeness (QED) is 0.387. The fraction of sp³-hybridized carbons (Fsp3) is 0.154. The van der Waals surface area contributed by atoms with Gasteiger partial charge in [-0.2, -0.15) is 0 Å². The minimum atomic E-state index is -0.557. The summed E-state index contributed by atoms with van der Waals surface area (Å²) in [6.07, 6.45) is 3.35. The molecule has 0 saturated carbocycles. The number of anilines is 1. The van der Waals surface area contributed by atoms with Crippen molar-refractivity contribution in [1.82, 2.24) is 14.5 Å². The van der Waals surface area contributed by atoms with E-state index in [1.807, 2.05) is 29.8 Å². The summed E-state index contributed by atoms with van der Waals surface area (Å²) in [5, 5.41) is 3.03. The van der Waals surface area contributed by atoms with E-state index in [0.29, 0.717) is 12.4 Å². The Balaban J connectivity index is 1.61. The summed E-state index contributed by atoms with van der Waals surface area (Å²) in [6.45, 7) is 0.669. The number of nitrogens with one attached hydrogen (secondary N) is 1. The molecule has 1 fully saturated rings. The van der Waals surface area contributed by atoms with Crippen LogP contribution in [0.2, 0.25) is 0 Å². The van der Waals surface area contributed by atoms with Gasteiger partial charge in [0.05, 0.1) is 18.1 Å². The van der Waals surface area contributed by atoms with Gasteiger partial charge in [-0.1, -0.05) is 91.0 Å². The zero-order valence-corrected chi connectivity index (χ0v) is 17.3. The number of rotatable bonds is 6. The molecule has 1 aliphatic rings. The van der Waals surface area contributed by atoms with Gasteiger partial charge in [-0.3, -0.25) is 9.69 Å². The van der Waals surface area contributed by atoms with Gasteiger partial charge >= 0.3 is 0 Å². The molecule has 5 heteroatoms. The van der Waals surface area contributed by atoms with E-state index in [4.69, 9.17) is 0 Å². The van der Waals surface area contributed by atoms with E-state index in [-0.39, 0.29) is 11.9 Å². The van der Waals surface area contributed by atoms with Crippen LogP contribution in [-0.4, -0.2) is 32.9 Å². The van der Waals surface area contributed by atoms with Crippen molar-refractivity contribution in [1.29, 1.82) is 0 Å². The van der Waals surface area contributed by atoms with Crippen LogP contribution in [0, 0.1) is 0 Å². The molecule has 0 spiro atoms. The van der Waals surface area contributed by atoms with E-state index in [1.54, 1.807) is 12.5 Å². The Morgan fingerprint density at radius 1 is 0.871 bits per heavy atom. The second-order valence-electron chi connectivity index (χ2n) is 7.86. The average molecular weight is 409 g/mol. The average Bonchev–Trinajstić information content (AvgIpc) is 3.53. The predicted octanol–water partition coefficient (Wildman–Crippen LogP) is 4.03. The minimum Gasteiger partial charge on any atom is -0.320 e. The molecule has 1 aromatic heterocycles. The first-order valence-corrected chi connectivity index (χ1v) is 10.4. The monoisotopic (exact) mass is 408 g/mol. The first-order valence-electron chi connectivity index (χ1n) is 10.4. The van der Waals surface area contributed by atoms with Crippen molar-refractivity contribution in [3.05, 3.63) is 120 Å². The van der Waals surface area contributed by atoms with E-state index in [0.717, 1.165) is 16.7 Å². The molecule has 31 heavy (non-hydrogen) atoms. The molecule has 4 aromatic rings. The van der Waals surface area contributed by atoms with E-state index >= 15 is 0 Å². The van der Waals surface area contributed by atoms with Crippen LogP contribution in [0.4, 0.5) is 5.82 Å². The van der Waals surface area contributed by atoms with Crippen LogP contribution < -0.4 is 5.32 Å². The number of aromatic nitrogens is 2. The SMILES string of the molecule is Cn1cncc1NC(=O)C1CN1C(c1ccccc1)(c1ccccc1)c1ccccc1. The van der Waals surface area contributed by atoms with Crippen molar-refractivity contribution in [3.8, 4) is 0 Å². The van der Waals surface area contributed by atoms with Crippen LogP contribution in [0.15, 0.2) is 104 Å². The highest BCUT2D eigenvalue weighted by Gasteiger charge is 2.55. The van der Waals surface area contributed by atoms with Crippen LogP contribution in [0.25, 0.3) is 0 Å². The Morgan fingerprint density at radius 2 is 1.35 bits per heavy atom. The Bertz CT molecular complexity index is 1080. The lowest BCUT2D eigenvalue weighted by atomic mass is 9.76. The second-order valence-corrected chi connectivity index (χ2v) is 7.86. The molecule has 5 rings (SSSR count). The van der Waals surface area contributed by atoms with E-state index in [2.05, 4.69) is 88.0 Å². The summed E-state index contributed by atoms with van der Waals surface area (Å²) in [4.78, 5) is 19.6.